The summed E-state index contributed by atoms with van der Waals surface area (Å²) in [6, 6.07) is 6.01. The number of nitrogens with two attached hydrogens (primary N) is 1. The lowest BCUT2D eigenvalue weighted by atomic mass is 10.1. The average Bonchev–Trinajstić information content (AvgIpc) is 2.29. The number of hydrogen-bond acceptors (Lipinski definition) is 2. The first-order valence-corrected chi connectivity index (χ1v) is 4.80. The average molecular weight is 186 g/mol. The largest absolute Gasteiger partial charge is 0.399 e. The Bertz CT molecular complexity index is 378. The van der Waals surface area contributed by atoms with Gasteiger partial charge in [-0.05, 0) is 24.1 Å². The molecular formula is C12H14N2. The van der Waals surface area contributed by atoms with E-state index in [9.17, 15) is 0 Å². The van der Waals surface area contributed by atoms with Crippen LogP contribution in [0.4, 0.5) is 11.4 Å². The first-order valence-electron chi connectivity index (χ1n) is 4.80. The van der Waals surface area contributed by atoms with E-state index in [1.165, 1.54) is 5.56 Å². The molecule has 2 nitrogen and oxygen atoms in total. The molecule has 1 heterocycles. The third-order valence-corrected chi connectivity index (χ3v) is 2.27. The topological polar surface area (TPSA) is 38.0 Å². The Hall–Kier alpha value is -1.70. The SMILES string of the molecule is Nc1ccc2c(c1)NC/C=C\C=C/C2. The molecule has 0 unspecified atom stereocenters. The van der Waals surface area contributed by atoms with Crippen molar-refractivity contribution < 1.29 is 0 Å². The molecule has 72 valence electrons. The molecule has 3 N–H and O–H groups in total. The molecule has 0 saturated carbocycles. The van der Waals surface area contributed by atoms with Gasteiger partial charge in [-0.1, -0.05) is 30.4 Å². The molecule has 2 rings (SSSR count). The highest BCUT2D eigenvalue weighted by Gasteiger charge is 2.00. The van der Waals surface area contributed by atoms with E-state index in [1.807, 2.05) is 12.1 Å². The quantitative estimate of drug-likeness (QED) is 0.610. The normalized spacial score (nSPS) is 19.4. The summed E-state index contributed by atoms with van der Waals surface area (Å²) >= 11 is 0. The number of rotatable bonds is 0. The Labute approximate surface area is 84.1 Å². The fourth-order valence-corrected chi connectivity index (χ4v) is 1.53. The summed E-state index contributed by atoms with van der Waals surface area (Å²) < 4.78 is 0. The zero-order valence-electron chi connectivity index (χ0n) is 8.03. The molecule has 0 bridgehead atoms. The summed E-state index contributed by atoms with van der Waals surface area (Å²) in [5.41, 5.74) is 8.97. The molecule has 0 amide bonds. The van der Waals surface area contributed by atoms with Gasteiger partial charge < -0.3 is 11.1 Å². The van der Waals surface area contributed by atoms with Crippen LogP contribution in [0, 0.1) is 0 Å². The van der Waals surface area contributed by atoms with Gasteiger partial charge in [0.25, 0.3) is 0 Å². The minimum atomic E-state index is 0.809. The maximum atomic E-state index is 5.73. The zero-order valence-corrected chi connectivity index (χ0v) is 8.03. The fourth-order valence-electron chi connectivity index (χ4n) is 1.53. The summed E-state index contributed by atoms with van der Waals surface area (Å²) in [5, 5.41) is 3.34. The molecule has 2 heteroatoms. The molecule has 0 saturated heterocycles. The molecule has 0 aromatic heterocycles. The molecule has 0 fully saturated rings. The number of nitrogen functional groups attached to an aromatic ring is 1. The standard InChI is InChI=1S/C12H14N2/c13-11-7-6-10-5-3-1-2-4-8-14-12(10)9-11/h1-4,6-7,9,14H,5,8,13H2/b3-1-,4-2-. The number of anilines is 2. The van der Waals surface area contributed by atoms with Gasteiger partial charge in [-0.3, -0.25) is 0 Å². The number of nitrogens with one attached hydrogen (secondary N) is 1. The summed E-state index contributed by atoms with van der Waals surface area (Å²) in [7, 11) is 0. The second-order valence-electron chi connectivity index (χ2n) is 3.36. The molecule has 0 radical (unpaired) electrons. The Balaban J connectivity index is 2.34. The van der Waals surface area contributed by atoms with Crippen molar-refractivity contribution in [2.24, 2.45) is 0 Å². The van der Waals surface area contributed by atoms with E-state index in [-0.39, 0.29) is 0 Å². The maximum absolute atomic E-state index is 5.73. The number of allylic oxidation sites excluding steroid dienone is 3. The van der Waals surface area contributed by atoms with Crippen LogP contribution >= 0.6 is 0 Å². The van der Waals surface area contributed by atoms with Gasteiger partial charge in [0.2, 0.25) is 0 Å². The van der Waals surface area contributed by atoms with Crippen molar-refractivity contribution >= 4 is 11.4 Å². The van der Waals surface area contributed by atoms with Crippen molar-refractivity contribution in [1.82, 2.24) is 0 Å². The van der Waals surface area contributed by atoms with Crippen molar-refractivity contribution in [2.75, 3.05) is 17.6 Å². The van der Waals surface area contributed by atoms with E-state index in [1.54, 1.807) is 0 Å². The van der Waals surface area contributed by atoms with E-state index in [0.717, 1.165) is 24.3 Å². The lowest BCUT2D eigenvalue weighted by molar-refractivity contribution is 1.24. The van der Waals surface area contributed by atoms with Crippen molar-refractivity contribution in [3.8, 4) is 0 Å². The second-order valence-corrected chi connectivity index (χ2v) is 3.36. The van der Waals surface area contributed by atoms with Crippen LogP contribution in [0.5, 0.6) is 0 Å². The highest BCUT2D eigenvalue weighted by Crippen LogP contribution is 2.20. The van der Waals surface area contributed by atoms with E-state index in [4.69, 9.17) is 5.73 Å². The Kier molecular flexibility index (Phi) is 2.54. The molecule has 0 spiro atoms. The molecule has 1 aliphatic heterocycles. The van der Waals surface area contributed by atoms with Crippen LogP contribution in [0.1, 0.15) is 5.56 Å². The van der Waals surface area contributed by atoms with Gasteiger partial charge >= 0.3 is 0 Å². The van der Waals surface area contributed by atoms with Crippen LogP contribution in [0.2, 0.25) is 0 Å². The van der Waals surface area contributed by atoms with Crippen LogP contribution in [-0.2, 0) is 6.42 Å². The lowest BCUT2D eigenvalue weighted by Crippen LogP contribution is -2.02. The molecule has 1 aromatic rings. The van der Waals surface area contributed by atoms with Gasteiger partial charge in [0, 0.05) is 17.9 Å². The molecule has 1 aromatic carbocycles. The summed E-state index contributed by atoms with van der Waals surface area (Å²) in [6.07, 6.45) is 9.33. The highest BCUT2D eigenvalue weighted by atomic mass is 14.9. The predicted octanol–water partition coefficient (Wildman–Crippen LogP) is 2.35. The van der Waals surface area contributed by atoms with Gasteiger partial charge in [0.1, 0.15) is 0 Å². The van der Waals surface area contributed by atoms with Gasteiger partial charge in [-0.15, -0.1) is 0 Å². The van der Waals surface area contributed by atoms with Crippen LogP contribution < -0.4 is 11.1 Å². The molecule has 1 aliphatic rings. The Morgan fingerprint density at radius 2 is 2.00 bits per heavy atom. The molecular weight excluding hydrogens is 172 g/mol. The monoisotopic (exact) mass is 186 g/mol. The summed E-state index contributed by atoms with van der Waals surface area (Å²) in [6.45, 7) is 0.848. The molecule has 14 heavy (non-hydrogen) atoms. The van der Waals surface area contributed by atoms with E-state index in [0.29, 0.717) is 0 Å². The van der Waals surface area contributed by atoms with Gasteiger partial charge in [-0.25, -0.2) is 0 Å². The first-order chi connectivity index (χ1) is 6.86. The van der Waals surface area contributed by atoms with Gasteiger partial charge in [0.05, 0.1) is 0 Å². The number of hydrogen-bond donors (Lipinski definition) is 2. The third kappa shape index (κ3) is 1.96. The van der Waals surface area contributed by atoms with Crippen LogP contribution in [-0.4, -0.2) is 6.54 Å². The Morgan fingerprint density at radius 3 is 2.93 bits per heavy atom. The van der Waals surface area contributed by atoms with E-state index >= 15 is 0 Å². The van der Waals surface area contributed by atoms with Gasteiger partial charge in [-0.2, -0.15) is 0 Å². The van der Waals surface area contributed by atoms with Crippen molar-refractivity contribution in [3.05, 3.63) is 48.1 Å². The molecule has 0 atom stereocenters. The molecule has 0 aliphatic carbocycles. The van der Waals surface area contributed by atoms with Crippen LogP contribution in [0.15, 0.2) is 42.5 Å². The number of benzene rings is 1. The summed E-state index contributed by atoms with van der Waals surface area (Å²) in [4.78, 5) is 0. The van der Waals surface area contributed by atoms with Crippen LogP contribution in [0.3, 0.4) is 0 Å². The number of fused-ring (bicyclic) bond motifs is 1. The zero-order chi connectivity index (χ0) is 9.80. The minimum absolute atomic E-state index is 0.809. The predicted molar refractivity (Wildman–Crippen MR) is 61.3 cm³/mol. The van der Waals surface area contributed by atoms with E-state index < -0.39 is 0 Å². The fraction of sp³-hybridized carbons (Fsp3) is 0.167. The van der Waals surface area contributed by atoms with E-state index in [2.05, 4.69) is 35.7 Å². The third-order valence-electron chi connectivity index (χ3n) is 2.27. The van der Waals surface area contributed by atoms with Crippen LogP contribution in [0.25, 0.3) is 0 Å². The second kappa shape index (κ2) is 4.01. The minimum Gasteiger partial charge on any atom is -0.399 e. The van der Waals surface area contributed by atoms with Gasteiger partial charge in [0.15, 0.2) is 0 Å². The highest BCUT2D eigenvalue weighted by molar-refractivity contribution is 5.60. The summed E-state index contributed by atoms with van der Waals surface area (Å²) in [5.74, 6) is 0. The maximum Gasteiger partial charge on any atom is 0.0399 e. The Morgan fingerprint density at radius 1 is 1.14 bits per heavy atom. The first kappa shape index (κ1) is 8.88. The van der Waals surface area contributed by atoms with Crippen molar-refractivity contribution in [3.63, 3.8) is 0 Å². The lowest BCUT2D eigenvalue weighted by Gasteiger charge is -2.09. The van der Waals surface area contributed by atoms with Crippen molar-refractivity contribution in [1.29, 1.82) is 0 Å². The van der Waals surface area contributed by atoms with Crippen molar-refractivity contribution in [2.45, 2.75) is 6.42 Å². The smallest absolute Gasteiger partial charge is 0.0399 e.